The SMILES string of the molecule is Cc1nn(-c2ccccc2)c2c1c(=O)oc1ccc(N3c4ccc(N(c5ccccc5)c5ccccc5)cc4C(C)(C)c4cc(-n5c6ccccc6c6ccccc65)ccc43)cc12. The Kier molecular flexibility index (Phi) is 8.12. The van der Waals surface area contributed by atoms with Crippen LogP contribution in [0.1, 0.15) is 30.7 Å². The monoisotopic (exact) mass is 815 g/mol. The summed E-state index contributed by atoms with van der Waals surface area (Å²) in [5, 5.41) is 8.62. The molecule has 1 aliphatic heterocycles. The maximum atomic E-state index is 13.6. The zero-order chi connectivity index (χ0) is 42.4. The summed E-state index contributed by atoms with van der Waals surface area (Å²) in [5.41, 5.74) is 14.0. The molecule has 0 bridgehead atoms. The van der Waals surface area contributed by atoms with Crippen LogP contribution in [0.3, 0.4) is 0 Å². The van der Waals surface area contributed by atoms with Crippen molar-refractivity contribution in [2.45, 2.75) is 26.2 Å². The molecular formula is C56H41N5O2. The number of nitrogens with zero attached hydrogens (tertiary/aromatic N) is 5. The largest absolute Gasteiger partial charge is 0.422 e. The van der Waals surface area contributed by atoms with Crippen molar-refractivity contribution in [2.75, 3.05) is 9.80 Å². The van der Waals surface area contributed by atoms with E-state index in [0.717, 1.165) is 56.4 Å². The molecule has 3 aromatic heterocycles. The highest BCUT2D eigenvalue weighted by Crippen LogP contribution is 2.54. The highest BCUT2D eigenvalue weighted by molar-refractivity contribution is 6.09. The number of anilines is 6. The van der Waals surface area contributed by atoms with Gasteiger partial charge < -0.3 is 18.8 Å². The van der Waals surface area contributed by atoms with Crippen molar-refractivity contribution in [1.82, 2.24) is 14.3 Å². The van der Waals surface area contributed by atoms with Gasteiger partial charge in [-0.1, -0.05) is 105 Å². The minimum atomic E-state index is -0.440. The molecule has 4 heterocycles. The first-order chi connectivity index (χ1) is 30.8. The molecule has 0 saturated carbocycles. The molecule has 0 N–H and O–H groups in total. The van der Waals surface area contributed by atoms with Crippen LogP contribution in [-0.4, -0.2) is 14.3 Å². The minimum Gasteiger partial charge on any atom is -0.422 e. The van der Waals surface area contributed by atoms with Crippen LogP contribution in [0.25, 0.3) is 55.1 Å². The third-order valence-corrected chi connectivity index (χ3v) is 12.9. The predicted molar refractivity (Wildman–Crippen MR) is 258 cm³/mol. The van der Waals surface area contributed by atoms with Crippen molar-refractivity contribution in [3.8, 4) is 11.4 Å². The van der Waals surface area contributed by atoms with E-state index in [1.165, 1.54) is 32.9 Å². The second kappa shape index (κ2) is 13.9. The highest BCUT2D eigenvalue weighted by Gasteiger charge is 2.38. The summed E-state index contributed by atoms with van der Waals surface area (Å²) in [6.07, 6.45) is 0. The summed E-state index contributed by atoms with van der Waals surface area (Å²) in [7, 11) is 0. The Bertz CT molecular complexity index is 3550. The third kappa shape index (κ3) is 5.59. The first kappa shape index (κ1) is 36.7. The van der Waals surface area contributed by atoms with Crippen LogP contribution in [-0.2, 0) is 5.41 Å². The molecule has 0 saturated heterocycles. The molecular weight excluding hydrogens is 775 g/mol. The summed E-state index contributed by atoms with van der Waals surface area (Å²) in [6.45, 7) is 6.56. The molecule has 0 fully saturated rings. The van der Waals surface area contributed by atoms with E-state index in [2.05, 4.69) is 186 Å². The van der Waals surface area contributed by atoms with Gasteiger partial charge in [-0.15, -0.1) is 0 Å². The molecule has 12 rings (SSSR count). The van der Waals surface area contributed by atoms with Gasteiger partial charge in [0.1, 0.15) is 11.0 Å². The standard InChI is InChI=1S/C56H41N5O2/c1-36-53-54(61(57-36)39-21-11-6-12-22-39)45-33-40(29-32-52(45)63-55(53)62)60-50-30-27-41(58(37-17-7-4-8-18-37)38-19-9-5-10-20-38)34-46(50)56(2,3)47-35-42(28-31-51(47)60)59-48-25-15-13-23-43(48)44-24-14-16-26-49(44)59/h4-35H,1-3H3. The van der Waals surface area contributed by atoms with Crippen molar-refractivity contribution in [2.24, 2.45) is 0 Å². The number of rotatable bonds is 6. The number of para-hydroxylation sites is 5. The zero-order valence-electron chi connectivity index (χ0n) is 35.0. The second-order valence-corrected chi connectivity index (χ2v) is 16.9. The lowest BCUT2D eigenvalue weighted by molar-refractivity contribution is 0.569. The summed E-state index contributed by atoms with van der Waals surface area (Å²) in [4.78, 5) is 18.3. The van der Waals surface area contributed by atoms with Gasteiger partial charge >= 0.3 is 5.63 Å². The lowest BCUT2D eigenvalue weighted by atomic mass is 9.73. The summed E-state index contributed by atoms with van der Waals surface area (Å²) in [6, 6.07) is 68.3. The third-order valence-electron chi connectivity index (χ3n) is 12.9. The molecule has 0 aliphatic carbocycles. The summed E-state index contributed by atoms with van der Waals surface area (Å²) < 4.78 is 10.3. The molecule has 0 unspecified atom stereocenters. The van der Waals surface area contributed by atoms with Crippen molar-refractivity contribution in [1.29, 1.82) is 0 Å². The maximum Gasteiger partial charge on any atom is 0.347 e. The molecule has 8 aromatic carbocycles. The first-order valence-electron chi connectivity index (χ1n) is 21.3. The number of aryl methyl sites for hydroxylation is 1. The van der Waals surface area contributed by atoms with Crippen LogP contribution in [0.4, 0.5) is 34.1 Å². The Hall–Kier alpha value is -8.16. The van der Waals surface area contributed by atoms with Crippen molar-refractivity contribution < 1.29 is 4.42 Å². The average molecular weight is 816 g/mol. The lowest BCUT2D eigenvalue weighted by Gasteiger charge is -2.43. The van der Waals surface area contributed by atoms with E-state index < -0.39 is 11.0 Å². The second-order valence-electron chi connectivity index (χ2n) is 16.9. The number of aromatic nitrogens is 3. The Morgan fingerprint density at radius 3 is 1.73 bits per heavy atom. The van der Waals surface area contributed by atoms with E-state index in [1.54, 1.807) is 0 Å². The van der Waals surface area contributed by atoms with E-state index in [-0.39, 0.29) is 0 Å². The smallest absolute Gasteiger partial charge is 0.347 e. The summed E-state index contributed by atoms with van der Waals surface area (Å²) >= 11 is 0. The maximum absolute atomic E-state index is 13.6. The molecule has 0 amide bonds. The molecule has 0 atom stereocenters. The first-order valence-corrected chi connectivity index (χ1v) is 21.3. The Morgan fingerprint density at radius 2 is 1.08 bits per heavy atom. The van der Waals surface area contributed by atoms with Crippen LogP contribution in [0.15, 0.2) is 203 Å². The van der Waals surface area contributed by atoms with Gasteiger partial charge in [0.2, 0.25) is 0 Å². The molecule has 1 aliphatic rings. The van der Waals surface area contributed by atoms with Crippen molar-refractivity contribution >= 4 is 77.8 Å². The van der Waals surface area contributed by atoms with Crippen LogP contribution in [0, 0.1) is 6.92 Å². The van der Waals surface area contributed by atoms with Crippen LogP contribution in [0.2, 0.25) is 0 Å². The van der Waals surface area contributed by atoms with Gasteiger partial charge in [-0.3, -0.25) is 0 Å². The number of hydrogen-bond donors (Lipinski definition) is 0. The van der Waals surface area contributed by atoms with E-state index in [0.29, 0.717) is 16.7 Å². The fourth-order valence-electron chi connectivity index (χ4n) is 9.93. The van der Waals surface area contributed by atoms with Gasteiger partial charge in [0.05, 0.1) is 39.3 Å². The number of hydrogen-bond acceptors (Lipinski definition) is 5. The summed E-state index contributed by atoms with van der Waals surface area (Å²) in [5.74, 6) is 0. The van der Waals surface area contributed by atoms with E-state index in [9.17, 15) is 4.79 Å². The van der Waals surface area contributed by atoms with Gasteiger partial charge in [0.25, 0.3) is 0 Å². The van der Waals surface area contributed by atoms with E-state index in [1.807, 2.05) is 48.0 Å². The van der Waals surface area contributed by atoms with Crippen LogP contribution >= 0.6 is 0 Å². The molecule has 0 spiro atoms. The molecule has 0 radical (unpaired) electrons. The quantitative estimate of drug-likeness (QED) is 0.156. The van der Waals surface area contributed by atoms with E-state index in [4.69, 9.17) is 9.52 Å². The van der Waals surface area contributed by atoms with Gasteiger partial charge in [-0.25, -0.2) is 9.48 Å². The number of fused-ring (bicyclic) bond motifs is 8. The molecule has 302 valence electrons. The highest BCUT2D eigenvalue weighted by atomic mass is 16.4. The topological polar surface area (TPSA) is 59.4 Å². The van der Waals surface area contributed by atoms with Gasteiger partial charge in [0, 0.05) is 50.0 Å². The molecule has 11 aromatic rings. The molecule has 7 heteroatoms. The Morgan fingerprint density at radius 1 is 0.524 bits per heavy atom. The minimum absolute atomic E-state index is 0.396. The van der Waals surface area contributed by atoms with Gasteiger partial charge in [0.15, 0.2) is 0 Å². The number of benzene rings is 8. The van der Waals surface area contributed by atoms with Crippen molar-refractivity contribution in [3.63, 3.8) is 0 Å². The van der Waals surface area contributed by atoms with Gasteiger partial charge in [-0.05, 0) is 121 Å². The Labute approximate surface area is 363 Å². The molecule has 7 nitrogen and oxygen atoms in total. The van der Waals surface area contributed by atoms with Crippen LogP contribution < -0.4 is 15.4 Å². The zero-order valence-corrected chi connectivity index (χ0v) is 35.0. The Balaban J connectivity index is 1.13. The van der Waals surface area contributed by atoms with Gasteiger partial charge in [-0.2, -0.15) is 5.10 Å². The van der Waals surface area contributed by atoms with E-state index >= 15 is 0 Å². The molecule has 63 heavy (non-hydrogen) atoms. The van der Waals surface area contributed by atoms with Crippen molar-refractivity contribution in [3.05, 3.63) is 221 Å². The average Bonchev–Trinajstić information content (AvgIpc) is 3.86. The predicted octanol–water partition coefficient (Wildman–Crippen LogP) is 14.1. The van der Waals surface area contributed by atoms with Crippen LogP contribution in [0.5, 0.6) is 0 Å². The fraction of sp³-hybridized carbons (Fsp3) is 0.0714. The fourth-order valence-corrected chi connectivity index (χ4v) is 9.93. The lowest BCUT2D eigenvalue weighted by Crippen LogP contribution is -2.31. The normalized spacial score (nSPS) is 13.2.